The van der Waals surface area contributed by atoms with Crippen molar-refractivity contribution in [1.82, 2.24) is 20.0 Å². The molecule has 260 valence electrons. The third-order valence-electron chi connectivity index (χ3n) is 9.08. The number of hydrogen-bond acceptors (Lipinski definition) is 7. The highest BCUT2D eigenvalue weighted by atomic mass is 16.5. The first-order valence-electron chi connectivity index (χ1n) is 17.3. The summed E-state index contributed by atoms with van der Waals surface area (Å²) in [5, 5.41) is 16.3. The molecule has 3 rings (SSSR count). The van der Waals surface area contributed by atoms with E-state index in [1.54, 1.807) is 35.0 Å². The molecule has 4 atom stereocenters. The quantitative estimate of drug-likeness (QED) is 0.336. The van der Waals surface area contributed by atoms with E-state index in [4.69, 9.17) is 9.47 Å². The second kappa shape index (κ2) is 19.1. The van der Waals surface area contributed by atoms with Crippen LogP contribution in [0.2, 0.25) is 0 Å². The molecule has 46 heavy (non-hydrogen) atoms. The molecule has 0 aromatic heterocycles. The molecule has 0 saturated heterocycles. The van der Waals surface area contributed by atoms with Crippen LogP contribution in [0.1, 0.15) is 95.3 Å². The molecule has 1 heterocycles. The average Bonchev–Trinajstić information content (AvgIpc) is 3.02. The van der Waals surface area contributed by atoms with Gasteiger partial charge in [0.15, 0.2) is 0 Å². The van der Waals surface area contributed by atoms with Crippen LogP contribution in [-0.4, -0.2) is 116 Å². The van der Waals surface area contributed by atoms with Gasteiger partial charge in [-0.3, -0.25) is 9.59 Å². The van der Waals surface area contributed by atoms with Crippen molar-refractivity contribution < 1.29 is 29.0 Å². The van der Waals surface area contributed by atoms with Crippen molar-refractivity contribution in [2.24, 2.45) is 5.92 Å². The summed E-state index contributed by atoms with van der Waals surface area (Å²) in [5.41, 5.74) is 0.861. The van der Waals surface area contributed by atoms with Gasteiger partial charge >= 0.3 is 6.03 Å². The Labute approximate surface area is 276 Å². The molecule has 3 N–H and O–H groups in total. The van der Waals surface area contributed by atoms with Crippen molar-refractivity contribution in [3.63, 3.8) is 0 Å². The van der Waals surface area contributed by atoms with E-state index < -0.39 is 6.04 Å². The SMILES string of the molecule is C[C@@H]1CCCCO[C@H](CN(C)C(=O)NC2CCCCC2)[C@@H](C)CN([C@H](C)CO)C(=O)c2cc(NC(=O)CCCN(C)C)ccc2O1. The fourth-order valence-corrected chi connectivity index (χ4v) is 6.13. The zero-order valence-electron chi connectivity index (χ0n) is 29.1. The highest BCUT2D eigenvalue weighted by Crippen LogP contribution is 2.29. The van der Waals surface area contributed by atoms with Crippen LogP contribution in [0.5, 0.6) is 5.75 Å². The van der Waals surface area contributed by atoms with Crippen molar-refractivity contribution in [2.75, 3.05) is 59.3 Å². The average molecular weight is 646 g/mol. The van der Waals surface area contributed by atoms with E-state index in [2.05, 4.69) is 10.6 Å². The topological polar surface area (TPSA) is 124 Å². The highest BCUT2D eigenvalue weighted by molar-refractivity contribution is 5.99. The molecule has 1 aromatic carbocycles. The van der Waals surface area contributed by atoms with Crippen molar-refractivity contribution in [3.8, 4) is 5.75 Å². The predicted octanol–water partition coefficient (Wildman–Crippen LogP) is 4.74. The Hall–Kier alpha value is -2.89. The number of nitrogens with one attached hydrogen (secondary N) is 2. The summed E-state index contributed by atoms with van der Waals surface area (Å²) in [7, 11) is 5.74. The van der Waals surface area contributed by atoms with Gasteiger partial charge in [0.25, 0.3) is 5.91 Å². The lowest BCUT2D eigenvalue weighted by Crippen LogP contribution is -2.50. The molecule has 4 amide bonds. The Morgan fingerprint density at radius 2 is 1.78 bits per heavy atom. The molecule has 1 aliphatic carbocycles. The van der Waals surface area contributed by atoms with Gasteiger partial charge in [0.1, 0.15) is 5.75 Å². The molecular weight excluding hydrogens is 586 g/mol. The Balaban J connectivity index is 1.84. The second-order valence-electron chi connectivity index (χ2n) is 13.6. The number of likely N-dealkylation sites (N-methyl/N-ethyl adjacent to an activating group) is 1. The molecule has 11 nitrogen and oxygen atoms in total. The van der Waals surface area contributed by atoms with E-state index in [1.165, 1.54) is 6.42 Å². The van der Waals surface area contributed by atoms with Crippen LogP contribution >= 0.6 is 0 Å². The lowest BCUT2D eigenvalue weighted by atomic mass is 9.96. The van der Waals surface area contributed by atoms with Gasteiger partial charge in [-0.15, -0.1) is 0 Å². The molecule has 1 aliphatic heterocycles. The van der Waals surface area contributed by atoms with Gasteiger partial charge in [0.05, 0.1) is 30.4 Å². The minimum Gasteiger partial charge on any atom is -0.490 e. The highest BCUT2D eigenvalue weighted by Gasteiger charge is 2.31. The smallest absolute Gasteiger partial charge is 0.317 e. The largest absolute Gasteiger partial charge is 0.490 e. The number of benzene rings is 1. The lowest BCUT2D eigenvalue weighted by molar-refractivity contribution is -0.116. The normalized spacial score (nSPS) is 22.7. The number of fused-ring (bicyclic) bond motifs is 1. The van der Waals surface area contributed by atoms with Crippen LogP contribution in [0.4, 0.5) is 10.5 Å². The zero-order valence-corrected chi connectivity index (χ0v) is 29.1. The van der Waals surface area contributed by atoms with Crippen LogP contribution in [0, 0.1) is 5.92 Å². The number of ether oxygens (including phenoxy) is 2. The minimum atomic E-state index is -0.481. The molecule has 2 aliphatic rings. The minimum absolute atomic E-state index is 0.102. The van der Waals surface area contributed by atoms with E-state index in [1.807, 2.05) is 39.8 Å². The lowest BCUT2D eigenvalue weighted by Gasteiger charge is -2.36. The van der Waals surface area contributed by atoms with E-state index in [-0.39, 0.29) is 48.6 Å². The second-order valence-corrected chi connectivity index (χ2v) is 13.6. The Kier molecular flexibility index (Phi) is 15.6. The van der Waals surface area contributed by atoms with E-state index in [9.17, 15) is 19.5 Å². The molecule has 0 radical (unpaired) electrons. The summed E-state index contributed by atoms with van der Waals surface area (Å²) in [6, 6.07) is 4.83. The van der Waals surface area contributed by atoms with Crippen LogP contribution < -0.4 is 15.4 Å². The summed E-state index contributed by atoms with van der Waals surface area (Å²) >= 11 is 0. The van der Waals surface area contributed by atoms with Gasteiger partial charge in [-0.1, -0.05) is 26.2 Å². The molecule has 1 aromatic rings. The number of aliphatic hydroxyl groups excluding tert-OH is 1. The van der Waals surface area contributed by atoms with E-state index in [0.717, 1.165) is 57.9 Å². The number of carbonyl (C=O) groups excluding carboxylic acids is 3. The summed E-state index contributed by atoms with van der Waals surface area (Å²) in [4.78, 5) is 45.5. The van der Waals surface area contributed by atoms with Crippen molar-refractivity contribution in [2.45, 2.75) is 109 Å². The molecule has 0 bridgehead atoms. The van der Waals surface area contributed by atoms with E-state index >= 15 is 0 Å². The Morgan fingerprint density at radius 1 is 1.07 bits per heavy atom. The molecular formula is C35H59N5O6. The number of aliphatic hydroxyl groups is 1. The Morgan fingerprint density at radius 3 is 2.48 bits per heavy atom. The zero-order chi connectivity index (χ0) is 33.6. The fourth-order valence-electron chi connectivity index (χ4n) is 6.13. The molecule has 0 unspecified atom stereocenters. The van der Waals surface area contributed by atoms with Crippen LogP contribution in [0.3, 0.4) is 0 Å². The van der Waals surface area contributed by atoms with Crippen molar-refractivity contribution in [1.29, 1.82) is 0 Å². The number of rotatable bonds is 10. The van der Waals surface area contributed by atoms with Crippen LogP contribution in [-0.2, 0) is 9.53 Å². The summed E-state index contributed by atoms with van der Waals surface area (Å²) < 4.78 is 12.7. The summed E-state index contributed by atoms with van der Waals surface area (Å²) in [6.45, 7) is 7.64. The molecule has 1 fully saturated rings. The number of amides is 4. The standard InChI is InChI=1S/C35H59N5O6/c1-25-22-40(26(2)24-41)34(43)30-21-29(36-33(42)16-12-19-38(4)5)17-18-31(30)46-27(3)13-10-11-20-45-32(25)23-39(6)35(44)37-28-14-8-7-9-15-28/h17-18,21,25-28,32,41H,7-16,19-20,22-24H2,1-6H3,(H,36,42)(H,37,44)/t25-,26+,27+,32+/m0/s1. The number of carbonyl (C=O) groups is 3. The predicted molar refractivity (Wildman–Crippen MR) is 181 cm³/mol. The van der Waals surface area contributed by atoms with Crippen molar-refractivity contribution in [3.05, 3.63) is 23.8 Å². The van der Waals surface area contributed by atoms with E-state index in [0.29, 0.717) is 43.1 Å². The molecule has 0 spiro atoms. The number of hydrogen-bond donors (Lipinski definition) is 3. The van der Waals surface area contributed by atoms with Gasteiger partial charge in [0, 0.05) is 50.8 Å². The first-order chi connectivity index (χ1) is 22.0. The maximum Gasteiger partial charge on any atom is 0.317 e. The first-order valence-corrected chi connectivity index (χ1v) is 17.3. The molecule has 11 heteroatoms. The number of anilines is 1. The third-order valence-corrected chi connectivity index (χ3v) is 9.08. The first kappa shape index (κ1) is 37.6. The van der Waals surface area contributed by atoms with Gasteiger partial charge in [-0.2, -0.15) is 0 Å². The monoisotopic (exact) mass is 645 g/mol. The number of nitrogens with zero attached hydrogens (tertiary/aromatic N) is 3. The maximum absolute atomic E-state index is 14.3. The Bertz CT molecular complexity index is 1110. The maximum atomic E-state index is 14.3. The summed E-state index contributed by atoms with van der Waals surface area (Å²) in [5.74, 6) is -0.0997. The van der Waals surface area contributed by atoms with Gasteiger partial charge in [-0.05, 0) is 91.2 Å². The van der Waals surface area contributed by atoms with Crippen LogP contribution in [0.15, 0.2) is 18.2 Å². The van der Waals surface area contributed by atoms with Crippen molar-refractivity contribution >= 4 is 23.5 Å². The third kappa shape index (κ3) is 12.0. The molecule has 1 saturated carbocycles. The van der Waals surface area contributed by atoms with Gasteiger partial charge in [-0.25, -0.2) is 4.79 Å². The fraction of sp³-hybridized carbons (Fsp3) is 0.743. The summed E-state index contributed by atoms with van der Waals surface area (Å²) in [6.07, 6.45) is 8.68. The van der Waals surface area contributed by atoms with Gasteiger partial charge in [0.2, 0.25) is 5.91 Å². The van der Waals surface area contributed by atoms with Gasteiger partial charge < -0.3 is 39.9 Å². The number of urea groups is 1. The van der Waals surface area contributed by atoms with Crippen LogP contribution in [0.25, 0.3) is 0 Å².